The third-order valence-electron chi connectivity index (χ3n) is 5.19. The van der Waals surface area contributed by atoms with Gasteiger partial charge in [0.05, 0.1) is 45.9 Å². The summed E-state index contributed by atoms with van der Waals surface area (Å²) in [4.78, 5) is 35.9. The van der Waals surface area contributed by atoms with Crippen LogP contribution in [-0.2, 0) is 11.2 Å². The number of nitro benzene ring substituents is 1. The smallest absolute Gasteiger partial charge is 0.326 e. The number of hydrogen-bond donors (Lipinski definition) is 2. The topological polar surface area (TPSA) is 128 Å². The first-order valence-corrected chi connectivity index (χ1v) is 10.9. The molecule has 0 bridgehead atoms. The van der Waals surface area contributed by atoms with Crippen LogP contribution >= 0.6 is 23.2 Å². The second-order valence-electron chi connectivity index (χ2n) is 7.31. The molecule has 0 saturated carbocycles. The van der Waals surface area contributed by atoms with Gasteiger partial charge in [-0.15, -0.1) is 0 Å². The first kappa shape index (κ1) is 25.8. The number of hydrogen-bond acceptors (Lipinski definition) is 6. The zero-order valence-corrected chi connectivity index (χ0v) is 20.1. The van der Waals surface area contributed by atoms with Crippen LogP contribution in [0.1, 0.15) is 15.9 Å². The third-order valence-corrected chi connectivity index (χ3v) is 5.82. The normalized spacial score (nSPS) is 11.4. The number of halogens is 2. The van der Waals surface area contributed by atoms with E-state index in [9.17, 15) is 24.8 Å². The molecule has 2 N–H and O–H groups in total. The summed E-state index contributed by atoms with van der Waals surface area (Å²) in [5, 5.41) is 24.1. The van der Waals surface area contributed by atoms with Gasteiger partial charge in [-0.1, -0.05) is 41.4 Å². The van der Waals surface area contributed by atoms with Crippen molar-refractivity contribution in [2.24, 2.45) is 0 Å². The Balaban J connectivity index is 1.97. The molecule has 182 valence electrons. The lowest BCUT2D eigenvalue weighted by atomic mass is 9.97. The highest BCUT2D eigenvalue weighted by molar-refractivity contribution is 6.39. The number of carbonyl (C=O) groups excluding carboxylic acids is 1. The summed E-state index contributed by atoms with van der Waals surface area (Å²) in [6.07, 6.45) is -0.229. The lowest BCUT2D eigenvalue weighted by Crippen LogP contribution is -2.42. The molecule has 0 aliphatic rings. The van der Waals surface area contributed by atoms with Gasteiger partial charge in [-0.3, -0.25) is 14.9 Å². The van der Waals surface area contributed by atoms with Crippen LogP contribution in [0, 0.1) is 10.1 Å². The van der Waals surface area contributed by atoms with E-state index in [-0.39, 0.29) is 33.3 Å². The van der Waals surface area contributed by atoms with Gasteiger partial charge in [0.15, 0.2) is 0 Å². The van der Waals surface area contributed by atoms with Crippen LogP contribution in [0.5, 0.6) is 11.5 Å². The number of nitrogens with one attached hydrogen (secondary N) is 1. The SMILES string of the molecule is COc1cccc(OC)c1-c1ccc(C[C@H](NC(=O)c2c(Cl)cccc2Cl)C(=O)O)cc1[N+](=O)[O-]. The highest BCUT2D eigenvalue weighted by Crippen LogP contribution is 2.42. The Kier molecular flexibility index (Phi) is 8.16. The van der Waals surface area contributed by atoms with Gasteiger partial charge in [0.25, 0.3) is 11.6 Å². The lowest BCUT2D eigenvalue weighted by Gasteiger charge is -2.17. The van der Waals surface area contributed by atoms with Crippen molar-refractivity contribution < 1.29 is 29.1 Å². The highest BCUT2D eigenvalue weighted by atomic mass is 35.5. The van der Waals surface area contributed by atoms with Crippen LogP contribution in [-0.4, -0.2) is 42.2 Å². The molecular weight excluding hydrogens is 499 g/mol. The van der Waals surface area contributed by atoms with Crippen molar-refractivity contribution in [2.75, 3.05) is 14.2 Å². The minimum Gasteiger partial charge on any atom is -0.496 e. The number of methoxy groups -OCH3 is 2. The number of carboxylic acid groups (broad SMARTS) is 1. The van der Waals surface area contributed by atoms with E-state index in [1.165, 1.54) is 38.5 Å². The summed E-state index contributed by atoms with van der Waals surface area (Å²) in [5.74, 6) is -1.38. The summed E-state index contributed by atoms with van der Waals surface area (Å²) in [6.45, 7) is 0. The fourth-order valence-corrected chi connectivity index (χ4v) is 4.13. The lowest BCUT2D eigenvalue weighted by molar-refractivity contribution is -0.384. The molecule has 1 amide bonds. The fraction of sp³-hybridized carbons (Fsp3) is 0.167. The molecule has 35 heavy (non-hydrogen) atoms. The number of aliphatic carboxylic acids is 1. The van der Waals surface area contributed by atoms with E-state index >= 15 is 0 Å². The Labute approximate surface area is 210 Å². The predicted octanol–water partition coefficient (Wildman–Crippen LogP) is 5.01. The molecule has 0 radical (unpaired) electrons. The molecule has 0 heterocycles. The molecule has 0 unspecified atom stereocenters. The molecular formula is C24H20Cl2N2O7. The van der Waals surface area contributed by atoms with Crippen molar-refractivity contribution in [2.45, 2.75) is 12.5 Å². The van der Waals surface area contributed by atoms with E-state index in [4.69, 9.17) is 32.7 Å². The average Bonchev–Trinajstić information content (AvgIpc) is 2.82. The first-order chi connectivity index (χ1) is 16.7. The Hall–Kier alpha value is -3.82. The van der Waals surface area contributed by atoms with Crippen molar-refractivity contribution in [1.82, 2.24) is 5.32 Å². The molecule has 0 aliphatic carbocycles. The van der Waals surface area contributed by atoms with Gasteiger partial charge >= 0.3 is 5.97 Å². The summed E-state index contributed by atoms with van der Waals surface area (Å²) in [7, 11) is 2.87. The predicted molar refractivity (Wildman–Crippen MR) is 131 cm³/mol. The summed E-state index contributed by atoms with van der Waals surface area (Å²) in [5.41, 5.74) is 0.577. The number of nitrogens with zero attached hydrogens (tertiary/aromatic N) is 1. The van der Waals surface area contributed by atoms with Crippen molar-refractivity contribution in [3.8, 4) is 22.6 Å². The summed E-state index contributed by atoms with van der Waals surface area (Å²) >= 11 is 12.1. The van der Waals surface area contributed by atoms with Crippen LogP contribution in [0.3, 0.4) is 0 Å². The van der Waals surface area contributed by atoms with E-state index < -0.39 is 22.8 Å². The van der Waals surface area contributed by atoms with E-state index in [0.29, 0.717) is 22.6 Å². The number of nitro groups is 1. The van der Waals surface area contributed by atoms with E-state index in [2.05, 4.69) is 5.32 Å². The maximum Gasteiger partial charge on any atom is 0.326 e. The number of benzene rings is 3. The molecule has 0 spiro atoms. The molecule has 3 aromatic rings. The van der Waals surface area contributed by atoms with E-state index in [1.807, 2.05) is 0 Å². The molecule has 0 aliphatic heterocycles. The molecule has 9 nitrogen and oxygen atoms in total. The van der Waals surface area contributed by atoms with Crippen LogP contribution in [0.2, 0.25) is 10.0 Å². The quantitative estimate of drug-likeness (QED) is 0.300. The molecule has 1 atom stereocenters. The van der Waals surface area contributed by atoms with Crippen molar-refractivity contribution in [3.05, 3.63) is 85.9 Å². The molecule has 0 aromatic heterocycles. The highest BCUT2D eigenvalue weighted by Gasteiger charge is 2.27. The van der Waals surface area contributed by atoms with E-state index in [1.54, 1.807) is 30.3 Å². The van der Waals surface area contributed by atoms with Crippen molar-refractivity contribution in [3.63, 3.8) is 0 Å². The summed E-state index contributed by atoms with van der Waals surface area (Å²) in [6, 6.07) is 12.3. The van der Waals surface area contributed by atoms with E-state index in [0.717, 1.165) is 0 Å². The fourth-order valence-electron chi connectivity index (χ4n) is 3.56. The van der Waals surface area contributed by atoms with Gasteiger partial charge in [0, 0.05) is 12.5 Å². The van der Waals surface area contributed by atoms with Gasteiger partial charge in [-0.25, -0.2) is 4.79 Å². The van der Waals surface area contributed by atoms with Crippen molar-refractivity contribution >= 4 is 40.8 Å². The number of carboxylic acids is 1. The standard InChI is InChI=1S/C24H20Cl2N2O7/c1-34-19-7-4-8-20(35-2)21(19)14-10-9-13(12-18(14)28(32)33)11-17(24(30)31)27-23(29)22-15(25)5-3-6-16(22)26/h3-10,12,17H,11H2,1-2H3,(H,27,29)(H,30,31)/t17-/m0/s1. The monoisotopic (exact) mass is 518 g/mol. The minimum absolute atomic E-state index is 0.0601. The number of carbonyl (C=O) groups is 2. The zero-order chi connectivity index (χ0) is 25.7. The number of amides is 1. The second kappa shape index (κ2) is 11.1. The van der Waals surface area contributed by atoms with Crippen LogP contribution in [0.25, 0.3) is 11.1 Å². The van der Waals surface area contributed by atoms with Gasteiger partial charge < -0.3 is 19.9 Å². The minimum atomic E-state index is -1.40. The number of ether oxygens (including phenoxy) is 2. The van der Waals surface area contributed by atoms with Crippen LogP contribution < -0.4 is 14.8 Å². The van der Waals surface area contributed by atoms with Gasteiger partial charge in [-0.2, -0.15) is 0 Å². The summed E-state index contributed by atoms with van der Waals surface area (Å²) < 4.78 is 10.7. The molecule has 0 fully saturated rings. The van der Waals surface area contributed by atoms with Crippen LogP contribution in [0.15, 0.2) is 54.6 Å². The van der Waals surface area contributed by atoms with Gasteiger partial charge in [-0.05, 0) is 35.9 Å². The Morgan fingerprint density at radius 3 is 2.11 bits per heavy atom. The molecule has 11 heteroatoms. The first-order valence-electron chi connectivity index (χ1n) is 10.1. The Bertz CT molecular complexity index is 1250. The van der Waals surface area contributed by atoms with Gasteiger partial charge in [0.1, 0.15) is 17.5 Å². The largest absolute Gasteiger partial charge is 0.496 e. The van der Waals surface area contributed by atoms with Crippen molar-refractivity contribution in [1.29, 1.82) is 0 Å². The average molecular weight is 519 g/mol. The maximum atomic E-state index is 12.7. The second-order valence-corrected chi connectivity index (χ2v) is 8.13. The molecule has 3 rings (SSSR count). The molecule has 0 saturated heterocycles. The zero-order valence-electron chi connectivity index (χ0n) is 18.6. The number of rotatable bonds is 9. The Morgan fingerprint density at radius 2 is 1.60 bits per heavy atom. The Morgan fingerprint density at radius 1 is 1.03 bits per heavy atom. The molecule has 3 aromatic carbocycles. The maximum absolute atomic E-state index is 12.7. The third kappa shape index (κ3) is 5.64. The van der Waals surface area contributed by atoms with Crippen LogP contribution in [0.4, 0.5) is 5.69 Å². The van der Waals surface area contributed by atoms with Gasteiger partial charge in [0.2, 0.25) is 0 Å².